The Bertz CT molecular complexity index is 529. The molecule has 1 radical (unpaired) electrons. The number of amidine groups is 1. The van der Waals surface area contributed by atoms with Gasteiger partial charge in [-0.3, -0.25) is 0 Å². The Morgan fingerprint density at radius 3 is 2.76 bits per heavy atom. The summed E-state index contributed by atoms with van der Waals surface area (Å²) in [6.45, 7) is 2.97. The average molecular weight is 290 g/mol. The van der Waals surface area contributed by atoms with Crippen molar-refractivity contribution in [3.05, 3.63) is 42.5 Å². The first-order valence-electron chi connectivity index (χ1n) is 5.77. The molecule has 3 heteroatoms. The normalized spacial score (nSPS) is 11.7. The van der Waals surface area contributed by atoms with Gasteiger partial charge >= 0.3 is 110 Å². The van der Waals surface area contributed by atoms with E-state index in [9.17, 15) is 0 Å². The number of benzene rings is 2. The van der Waals surface area contributed by atoms with E-state index in [0.717, 1.165) is 23.4 Å². The Labute approximate surface area is 110 Å². The first-order valence-corrected chi connectivity index (χ1v) is 6.63. The molecule has 1 N–H and O–H groups in total. The second kappa shape index (κ2) is 5.85. The minimum absolute atomic E-state index is 0.847. The topological polar surface area (TPSA) is 24.4 Å². The molecule has 87 valence electrons. The fourth-order valence-electron chi connectivity index (χ4n) is 1.70. The van der Waals surface area contributed by atoms with Crippen LogP contribution >= 0.6 is 0 Å². The molecule has 0 amide bonds. The standard InChI is InChI=1S/C14H15N2Se/c1-2-10-15-14(17)16-13-9-5-7-11-6-3-4-8-12(11)13/h3-9H,2,10H2,1H3,(H,15,16). The fourth-order valence-corrected chi connectivity index (χ4v) is 2.12. The van der Waals surface area contributed by atoms with Crippen molar-refractivity contribution in [3.63, 3.8) is 0 Å². The SMILES string of the molecule is CCCN=C([Se])Nc1cccc2ccccc12. The summed E-state index contributed by atoms with van der Waals surface area (Å²) in [4.78, 5) is 4.39. The Hall–Kier alpha value is -1.31. The quantitative estimate of drug-likeness (QED) is 0.524. The van der Waals surface area contributed by atoms with Crippen molar-refractivity contribution in [2.75, 3.05) is 11.9 Å². The van der Waals surface area contributed by atoms with E-state index in [1.165, 1.54) is 10.8 Å². The van der Waals surface area contributed by atoms with Crippen LogP contribution in [-0.4, -0.2) is 27.3 Å². The van der Waals surface area contributed by atoms with E-state index in [1.807, 2.05) is 0 Å². The van der Waals surface area contributed by atoms with Gasteiger partial charge in [0.25, 0.3) is 0 Å². The van der Waals surface area contributed by atoms with E-state index in [-0.39, 0.29) is 0 Å². The molecule has 0 aromatic heterocycles. The van der Waals surface area contributed by atoms with Crippen LogP contribution in [0.5, 0.6) is 0 Å². The van der Waals surface area contributed by atoms with Crippen LogP contribution < -0.4 is 5.32 Å². The third-order valence-corrected chi connectivity index (χ3v) is 3.00. The van der Waals surface area contributed by atoms with Crippen LogP contribution in [-0.2, 0) is 0 Å². The van der Waals surface area contributed by atoms with Crippen LogP contribution in [0, 0.1) is 0 Å². The molecule has 2 nitrogen and oxygen atoms in total. The van der Waals surface area contributed by atoms with Gasteiger partial charge in [0.05, 0.1) is 0 Å². The summed E-state index contributed by atoms with van der Waals surface area (Å²) in [5, 5.41) is 5.77. The Kier molecular flexibility index (Phi) is 4.18. The molecule has 0 bridgehead atoms. The van der Waals surface area contributed by atoms with Gasteiger partial charge in [-0.1, -0.05) is 0 Å². The number of anilines is 1. The molecular weight excluding hydrogens is 275 g/mol. The third-order valence-electron chi connectivity index (χ3n) is 2.51. The molecule has 0 aliphatic rings. The number of aliphatic imine (C=N–C) groups is 1. The number of nitrogens with one attached hydrogen (secondary N) is 1. The second-order valence-corrected chi connectivity index (χ2v) is 4.65. The molecule has 0 atom stereocenters. The third kappa shape index (κ3) is 3.09. The maximum absolute atomic E-state index is 4.39. The van der Waals surface area contributed by atoms with Crippen molar-refractivity contribution in [1.82, 2.24) is 0 Å². The minimum atomic E-state index is 0.847. The predicted octanol–water partition coefficient (Wildman–Crippen LogP) is 3.19. The van der Waals surface area contributed by atoms with E-state index in [0.29, 0.717) is 0 Å². The summed E-state index contributed by atoms with van der Waals surface area (Å²) in [5.41, 5.74) is 1.09. The molecule has 2 aromatic rings. The predicted molar refractivity (Wildman–Crippen MR) is 75.9 cm³/mol. The molecular formula is C14H15N2Se. The second-order valence-electron chi connectivity index (χ2n) is 3.84. The summed E-state index contributed by atoms with van der Waals surface area (Å²) in [6, 6.07) is 14.6. The van der Waals surface area contributed by atoms with Crippen LogP contribution in [0.25, 0.3) is 10.8 Å². The molecule has 0 aliphatic heterocycles. The zero-order valence-electron chi connectivity index (χ0n) is 9.81. The van der Waals surface area contributed by atoms with Crippen molar-refractivity contribution in [2.45, 2.75) is 13.3 Å². The van der Waals surface area contributed by atoms with Gasteiger partial charge < -0.3 is 0 Å². The van der Waals surface area contributed by atoms with Gasteiger partial charge in [0.1, 0.15) is 0 Å². The molecule has 17 heavy (non-hydrogen) atoms. The zero-order chi connectivity index (χ0) is 12.1. The van der Waals surface area contributed by atoms with Crippen molar-refractivity contribution in [1.29, 1.82) is 0 Å². The molecule has 0 fully saturated rings. The van der Waals surface area contributed by atoms with Gasteiger partial charge in [0.2, 0.25) is 0 Å². The van der Waals surface area contributed by atoms with Gasteiger partial charge in [0, 0.05) is 0 Å². The summed E-state index contributed by atoms with van der Waals surface area (Å²) in [6.07, 6.45) is 1.06. The van der Waals surface area contributed by atoms with Crippen LogP contribution in [0.15, 0.2) is 47.5 Å². The number of hydrogen-bond acceptors (Lipinski definition) is 1. The van der Waals surface area contributed by atoms with Crippen molar-refractivity contribution in [3.8, 4) is 0 Å². The van der Waals surface area contributed by atoms with E-state index in [4.69, 9.17) is 0 Å². The Morgan fingerprint density at radius 2 is 1.94 bits per heavy atom. The molecule has 0 unspecified atom stereocenters. The average Bonchev–Trinajstić information content (AvgIpc) is 2.37. The molecule has 2 aromatic carbocycles. The molecule has 0 spiro atoms. The first kappa shape index (κ1) is 12.2. The summed E-state index contributed by atoms with van der Waals surface area (Å²) < 4.78 is 0.850. The molecule has 0 heterocycles. The summed E-state index contributed by atoms with van der Waals surface area (Å²) in [7, 11) is 0. The van der Waals surface area contributed by atoms with Gasteiger partial charge in [0.15, 0.2) is 0 Å². The van der Waals surface area contributed by atoms with E-state index < -0.39 is 0 Å². The number of hydrogen-bond donors (Lipinski definition) is 1. The van der Waals surface area contributed by atoms with E-state index in [1.54, 1.807) is 0 Å². The van der Waals surface area contributed by atoms with Crippen molar-refractivity contribution in [2.24, 2.45) is 4.99 Å². The van der Waals surface area contributed by atoms with Crippen LogP contribution in [0.3, 0.4) is 0 Å². The van der Waals surface area contributed by atoms with Crippen LogP contribution in [0.2, 0.25) is 0 Å². The Balaban J connectivity index is 2.30. The maximum atomic E-state index is 4.39. The van der Waals surface area contributed by atoms with Gasteiger partial charge in [-0.05, 0) is 0 Å². The monoisotopic (exact) mass is 291 g/mol. The van der Waals surface area contributed by atoms with Crippen LogP contribution in [0.1, 0.15) is 13.3 Å². The van der Waals surface area contributed by atoms with Gasteiger partial charge in [-0.2, -0.15) is 0 Å². The van der Waals surface area contributed by atoms with Gasteiger partial charge in [-0.15, -0.1) is 0 Å². The number of fused-ring (bicyclic) bond motifs is 1. The number of nitrogens with zero attached hydrogens (tertiary/aromatic N) is 1. The van der Waals surface area contributed by atoms with E-state index in [2.05, 4.69) is 75.7 Å². The fraction of sp³-hybridized carbons (Fsp3) is 0.214. The first-order chi connectivity index (χ1) is 8.31. The summed E-state index contributed by atoms with van der Waals surface area (Å²) >= 11 is 2.96. The molecule has 0 saturated heterocycles. The van der Waals surface area contributed by atoms with Crippen molar-refractivity contribution >= 4 is 37.2 Å². The zero-order valence-corrected chi connectivity index (χ0v) is 11.5. The van der Waals surface area contributed by atoms with Crippen LogP contribution in [0.4, 0.5) is 5.69 Å². The molecule has 0 aliphatic carbocycles. The Morgan fingerprint density at radius 1 is 1.18 bits per heavy atom. The van der Waals surface area contributed by atoms with Gasteiger partial charge in [-0.25, -0.2) is 0 Å². The number of rotatable bonds is 3. The molecule has 0 saturated carbocycles. The molecule has 2 rings (SSSR count). The van der Waals surface area contributed by atoms with E-state index >= 15 is 0 Å². The summed E-state index contributed by atoms with van der Waals surface area (Å²) in [5.74, 6) is 0. The van der Waals surface area contributed by atoms with Crippen molar-refractivity contribution < 1.29 is 0 Å².